The maximum Gasteiger partial charge on any atom is 0.312 e. The van der Waals surface area contributed by atoms with Gasteiger partial charge in [-0.25, -0.2) is 4.79 Å². The lowest BCUT2D eigenvalue weighted by Crippen LogP contribution is -2.55. The third kappa shape index (κ3) is 5.04. The van der Waals surface area contributed by atoms with E-state index < -0.39 is 23.9 Å². The minimum Gasteiger partial charge on any atom is -0.493 e. The van der Waals surface area contributed by atoms with E-state index >= 15 is 0 Å². The van der Waals surface area contributed by atoms with E-state index in [-0.39, 0.29) is 11.5 Å². The van der Waals surface area contributed by atoms with E-state index in [0.29, 0.717) is 11.5 Å². The normalized spacial score (nSPS) is 11.4. The number of primary amides is 1. The van der Waals surface area contributed by atoms with Crippen LogP contribution in [0.2, 0.25) is 0 Å². The fraction of sp³-hybridized carbons (Fsp3) is 0.400. The largest absolute Gasteiger partial charge is 0.493 e. The molecule has 9 heteroatoms. The topological polar surface area (TPSA) is 132 Å². The van der Waals surface area contributed by atoms with Crippen molar-refractivity contribution in [3.8, 4) is 11.5 Å². The quantitative estimate of drug-likeness (QED) is 0.549. The Hall–Kier alpha value is -2.97. The summed E-state index contributed by atoms with van der Waals surface area (Å²) in [5.74, 6) is -0.491. The molecule has 1 aromatic rings. The van der Waals surface area contributed by atoms with E-state index in [1.54, 1.807) is 19.9 Å². The number of nitrogens with two attached hydrogens (primary N) is 1. The number of nitrogens with one attached hydrogen (secondary N) is 3. The van der Waals surface area contributed by atoms with Crippen LogP contribution in [0.5, 0.6) is 11.5 Å². The number of rotatable bonds is 6. The summed E-state index contributed by atoms with van der Waals surface area (Å²) in [5.41, 5.74) is 9.82. The van der Waals surface area contributed by atoms with Crippen molar-refractivity contribution in [3.05, 3.63) is 23.8 Å². The van der Waals surface area contributed by atoms with Gasteiger partial charge in [-0.3, -0.25) is 20.4 Å². The van der Waals surface area contributed by atoms with Crippen LogP contribution in [-0.2, 0) is 4.79 Å². The van der Waals surface area contributed by atoms with Gasteiger partial charge in [0.2, 0.25) is 0 Å². The molecule has 1 atom stereocenters. The summed E-state index contributed by atoms with van der Waals surface area (Å²) in [4.78, 5) is 35.1. The van der Waals surface area contributed by atoms with Crippen molar-refractivity contribution in [1.29, 1.82) is 0 Å². The van der Waals surface area contributed by atoms with Crippen LogP contribution < -0.4 is 31.4 Å². The van der Waals surface area contributed by atoms with Gasteiger partial charge in [0.05, 0.1) is 14.2 Å². The zero-order valence-electron chi connectivity index (χ0n) is 14.0. The first-order chi connectivity index (χ1) is 11.3. The van der Waals surface area contributed by atoms with Crippen LogP contribution in [0.4, 0.5) is 4.79 Å². The number of hydrogen-bond donors (Lipinski definition) is 4. The predicted molar refractivity (Wildman–Crippen MR) is 86.5 cm³/mol. The molecule has 0 aliphatic carbocycles. The smallest absolute Gasteiger partial charge is 0.312 e. The zero-order chi connectivity index (χ0) is 18.3. The fourth-order valence-corrected chi connectivity index (χ4v) is 1.93. The monoisotopic (exact) mass is 338 g/mol. The number of urea groups is 1. The van der Waals surface area contributed by atoms with Gasteiger partial charge in [0.1, 0.15) is 6.04 Å². The lowest BCUT2D eigenvalue weighted by molar-refractivity contribution is -0.124. The van der Waals surface area contributed by atoms with Gasteiger partial charge in [0.25, 0.3) is 11.8 Å². The van der Waals surface area contributed by atoms with Crippen LogP contribution in [-0.4, -0.2) is 38.1 Å². The first kappa shape index (κ1) is 19.1. The minimum absolute atomic E-state index is 0.213. The molecule has 0 radical (unpaired) electrons. The van der Waals surface area contributed by atoms with Crippen LogP contribution in [0.1, 0.15) is 24.2 Å². The molecule has 0 saturated carbocycles. The van der Waals surface area contributed by atoms with Crippen molar-refractivity contribution in [1.82, 2.24) is 16.2 Å². The summed E-state index contributed by atoms with van der Waals surface area (Å²) < 4.78 is 10.2. The van der Waals surface area contributed by atoms with E-state index in [1.807, 2.05) is 0 Å². The van der Waals surface area contributed by atoms with Crippen LogP contribution >= 0.6 is 0 Å². The number of ether oxygens (including phenoxy) is 2. The second-order valence-electron chi connectivity index (χ2n) is 5.24. The molecule has 0 heterocycles. The average molecular weight is 338 g/mol. The molecule has 4 amide bonds. The average Bonchev–Trinajstić information content (AvgIpc) is 2.56. The van der Waals surface area contributed by atoms with E-state index in [1.165, 1.54) is 26.4 Å². The van der Waals surface area contributed by atoms with E-state index in [4.69, 9.17) is 15.2 Å². The maximum absolute atomic E-state index is 12.1. The summed E-state index contributed by atoms with van der Waals surface area (Å²) in [5, 5.41) is 2.31. The first-order valence-corrected chi connectivity index (χ1v) is 7.18. The third-order valence-corrected chi connectivity index (χ3v) is 3.19. The lowest BCUT2D eigenvalue weighted by atomic mass is 10.0. The Morgan fingerprint density at radius 1 is 1.04 bits per heavy atom. The molecule has 0 aliphatic heterocycles. The second kappa shape index (κ2) is 8.61. The molecule has 0 spiro atoms. The molecule has 0 fully saturated rings. The van der Waals surface area contributed by atoms with Crippen molar-refractivity contribution >= 4 is 17.8 Å². The molecule has 9 nitrogen and oxygen atoms in total. The fourth-order valence-electron chi connectivity index (χ4n) is 1.93. The number of hydrogen-bond acceptors (Lipinski definition) is 5. The lowest BCUT2D eigenvalue weighted by Gasteiger charge is -2.20. The van der Waals surface area contributed by atoms with Crippen LogP contribution in [0.15, 0.2) is 18.2 Å². The summed E-state index contributed by atoms with van der Waals surface area (Å²) >= 11 is 0. The molecule has 1 rings (SSSR count). The van der Waals surface area contributed by atoms with Gasteiger partial charge < -0.3 is 20.5 Å². The second-order valence-corrected chi connectivity index (χ2v) is 5.24. The van der Waals surface area contributed by atoms with Gasteiger partial charge in [0.15, 0.2) is 11.5 Å². The molecule has 132 valence electrons. The van der Waals surface area contributed by atoms with E-state index in [0.717, 1.165) is 0 Å². The van der Waals surface area contributed by atoms with E-state index in [2.05, 4.69) is 16.2 Å². The highest BCUT2D eigenvalue weighted by atomic mass is 16.5. The SMILES string of the molecule is COc1ccc(C(=O)NNC(=O)C(NC(N)=O)C(C)C)cc1OC. The van der Waals surface area contributed by atoms with E-state index in [9.17, 15) is 14.4 Å². The van der Waals surface area contributed by atoms with Crippen molar-refractivity contribution in [2.24, 2.45) is 11.7 Å². The first-order valence-electron chi connectivity index (χ1n) is 7.18. The Bertz CT molecular complexity index is 618. The molecule has 0 aromatic heterocycles. The molecule has 1 unspecified atom stereocenters. The molecule has 24 heavy (non-hydrogen) atoms. The molecule has 0 aliphatic rings. The van der Waals surface area contributed by atoms with Crippen molar-refractivity contribution in [2.45, 2.75) is 19.9 Å². The number of hydrazine groups is 1. The van der Waals surface area contributed by atoms with Crippen molar-refractivity contribution in [2.75, 3.05) is 14.2 Å². The van der Waals surface area contributed by atoms with Crippen molar-refractivity contribution in [3.63, 3.8) is 0 Å². The summed E-state index contributed by atoms with van der Waals surface area (Å²) in [6.07, 6.45) is 0. The highest BCUT2D eigenvalue weighted by molar-refractivity contribution is 5.96. The van der Waals surface area contributed by atoms with Gasteiger partial charge in [-0.05, 0) is 24.1 Å². The summed E-state index contributed by atoms with van der Waals surface area (Å²) in [7, 11) is 2.93. The Morgan fingerprint density at radius 3 is 2.17 bits per heavy atom. The Labute approximate surface area is 139 Å². The summed E-state index contributed by atoms with van der Waals surface area (Å²) in [6, 6.07) is 2.87. The highest BCUT2D eigenvalue weighted by Gasteiger charge is 2.23. The van der Waals surface area contributed by atoms with Crippen LogP contribution in [0, 0.1) is 5.92 Å². The zero-order valence-corrected chi connectivity index (χ0v) is 14.0. The Balaban J connectivity index is 2.74. The number of benzene rings is 1. The minimum atomic E-state index is -0.867. The molecular formula is C15H22N4O5. The third-order valence-electron chi connectivity index (χ3n) is 3.19. The number of carbonyl (C=O) groups is 3. The molecule has 5 N–H and O–H groups in total. The standard InChI is InChI=1S/C15H22N4O5/c1-8(2)12(17-15(16)22)14(21)19-18-13(20)9-5-6-10(23-3)11(7-9)24-4/h5-8,12H,1-4H3,(H,18,20)(H,19,21)(H3,16,17,22). The van der Waals surface area contributed by atoms with Crippen LogP contribution in [0.3, 0.4) is 0 Å². The van der Waals surface area contributed by atoms with Crippen molar-refractivity contribution < 1.29 is 23.9 Å². The number of methoxy groups -OCH3 is 2. The highest BCUT2D eigenvalue weighted by Crippen LogP contribution is 2.27. The molecule has 0 bridgehead atoms. The Morgan fingerprint density at radius 2 is 1.67 bits per heavy atom. The number of carbonyl (C=O) groups excluding carboxylic acids is 3. The Kier molecular flexibility index (Phi) is 6.84. The summed E-state index contributed by atoms with van der Waals surface area (Å²) in [6.45, 7) is 3.46. The molecular weight excluding hydrogens is 316 g/mol. The maximum atomic E-state index is 12.1. The molecule has 0 saturated heterocycles. The molecule has 1 aromatic carbocycles. The van der Waals surface area contributed by atoms with Gasteiger partial charge in [0, 0.05) is 5.56 Å². The van der Waals surface area contributed by atoms with Gasteiger partial charge in [-0.15, -0.1) is 0 Å². The van der Waals surface area contributed by atoms with Gasteiger partial charge >= 0.3 is 6.03 Å². The predicted octanol–water partition coefficient (Wildman–Crippen LogP) is 0.158. The van der Waals surface area contributed by atoms with Gasteiger partial charge in [-0.2, -0.15) is 0 Å². The van der Waals surface area contributed by atoms with Gasteiger partial charge in [-0.1, -0.05) is 13.8 Å². The number of amides is 4. The van der Waals surface area contributed by atoms with Crippen LogP contribution in [0.25, 0.3) is 0 Å².